The van der Waals surface area contributed by atoms with E-state index in [2.05, 4.69) is 10.4 Å². The van der Waals surface area contributed by atoms with E-state index in [4.69, 9.17) is 4.74 Å². The third-order valence-corrected chi connectivity index (χ3v) is 2.80. The Morgan fingerprint density at radius 1 is 1.50 bits per heavy atom. The molecule has 0 aromatic carbocycles. The summed E-state index contributed by atoms with van der Waals surface area (Å²) in [5.41, 5.74) is 0. The number of ether oxygens (including phenoxy) is 1. The highest BCUT2D eigenvalue weighted by atomic mass is 16.5. The molecule has 0 amide bonds. The van der Waals surface area contributed by atoms with Crippen molar-refractivity contribution in [1.29, 1.82) is 0 Å². The van der Waals surface area contributed by atoms with Gasteiger partial charge in [0.2, 0.25) is 0 Å². The molecular weight excluding hydrogens is 178 g/mol. The van der Waals surface area contributed by atoms with Crippen molar-refractivity contribution in [3.8, 4) is 5.75 Å². The maximum Gasteiger partial charge on any atom is 0.157 e. The van der Waals surface area contributed by atoms with Crippen LogP contribution in [0.25, 0.3) is 0 Å². The quantitative estimate of drug-likeness (QED) is 0.763. The lowest BCUT2D eigenvalue weighted by Gasteiger charge is -2.26. The van der Waals surface area contributed by atoms with Crippen molar-refractivity contribution in [3.05, 3.63) is 12.4 Å². The molecule has 2 heterocycles. The molecule has 1 saturated heterocycles. The number of nitrogens with zero attached hydrogens (tertiary/aromatic N) is 2. The highest BCUT2D eigenvalue weighted by Crippen LogP contribution is 2.30. The number of hydrogen-bond acceptors (Lipinski definition) is 3. The Balaban J connectivity index is 1.57. The number of hydrogen-bond donors (Lipinski definition) is 1. The molecule has 1 N–H and O–H groups in total. The fourth-order valence-corrected chi connectivity index (χ4v) is 1.61. The Labute approximate surface area is 83.2 Å². The minimum absolute atomic E-state index is 0.355. The molecule has 14 heavy (non-hydrogen) atoms. The van der Waals surface area contributed by atoms with Gasteiger partial charge in [-0.25, -0.2) is 0 Å². The van der Waals surface area contributed by atoms with E-state index < -0.39 is 0 Å². The second-order valence-electron chi connectivity index (χ2n) is 4.24. The van der Waals surface area contributed by atoms with Gasteiger partial charge in [0.15, 0.2) is 5.75 Å². The van der Waals surface area contributed by atoms with Crippen LogP contribution in [0.3, 0.4) is 0 Å². The van der Waals surface area contributed by atoms with E-state index in [-0.39, 0.29) is 0 Å². The van der Waals surface area contributed by atoms with Crippen LogP contribution in [0.1, 0.15) is 12.8 Å². The average Bonchev–Trinajstić information content (AvgIpc) is 2.78. The van der Waals surface area contributed by atoms with Gasteiger partial charge >= 0.3 is 0 Å². The second-order valence-corrected chi connectivity index (χ2v) is 4.24. The van der Waals surface area contributed by atoms with E-state index in [1.807, 2.05) is 17.1 Å². The molecule has 1 aliphatic carbocycles. The molecule has 0 unspecified atom stereocenters. The zero-order valence-electron chi connectivity index (χ0n) is 8.15. The van der Waals surface area contributed by atoms with Crippen LogP contribution in [0.2, 0.25) is 0 Å². The standard InChI is InChI=1S/C10H15N3O/c1-2-8(1)6-13-7-10(5-12-13)14-9-3-11-4-9/h5,7-9,11H,1-4,6H2. The molecule has 1 aromatic heterocycles. The second kappa shape index (κ2) is 3.28. The van der Waals surface area contributed by atoms with Crippen LogP contribution in [0.4, 0.5) is 0 Å². The maximum absolute atomic E-state index is 5.69. The minimum Gasteiger partial charge on any atom is -0.484 e. The first-order valence-corrected chi connectivity index (χ1v) is 5.30. The first-order valence-electron chi connectivity index (χ1n) is 5.30. The van der Waals surface area contributed by atoms with E-state index in [0.29, 0.717) is 6.10 Å². The smallest absolute Gasteiger partial charge is 0.157 e. The predicted molar refractivity (Wildman–Crippen MR) is 52.2 cm³/mol. The molecule has 2 fully saturated rings. The van der Waals surface area contributed by atoms with Crippen LogP contribution in [0.15, 0.2) is 12.4 Å². The average molecular weight is 193 g/mol. The fourth-order valence-electron chi connectivity index (χ4n) is 1.61. The molecule has 1 aromatic rings. The molecule has 76 valence electrons. The number of aromatic nitrogens is 2. The summed E-state index contributed by atoms with van der Waals surface area (Å²) in [6.07, 6.45) is 6.91. The van der Waals surface area contributed by atoms with Gasteiger partial charge in [0.1, 0.15) is 6.10 Å². The van der Waals surface area contributed by atoms with E-state index in [1.54, 1.807) is 0 Å². The van der Waals surface area contributed by atoms with Crippen molar-refractivity contribution in [2.45, 2.75) is 25.5 Å². The van der Waals surface area contributed by atoms with Gasteiger partial charge in [-0.05, 0) is 18.8 Å². The summed E-state index contributed by atoms with van der Waals surface area (Å²) in [6.45, 7) is 2.99. The van der Waals surface area contributed by atoms with Crippen LogP contribution < -0.4 is 10.1 Å². The van der Waals surface area contributed by atoms with E-state index in [9.17, 15) is 0 Å². The molecule has 0 atom stereocenters. The predicted octanol–water partition coefficient (Wildman–Crippen LogP) is 0.644. The van der Waals surface area contributed by atoms with Crippen LogP contribution in [-0.2, 0) is 6.54 Å². The minimum atomic E-state index is 0.355. The molecule has 0 bridgehead atoms. The topological polar surface area (TPSA) is 39.1 Å². The van der Waals surface area contributed by atoms with Gasteiger partial charge in [-0.3, -0.25) is 4.68 Å². The Kier molecular flexibility index (Phi) is 1.94. The first kappa shape index (κ1) is 8.29. The van der Waals surface area contributed by atoms with Crippen molar-refractivity contribution in [2.75, 3.05) is 13.1 Å². The molecule has 1 saturated carbocycles. The summed E-state index contributed by atoms with van der Waals surface area (Å²) in [6, 6.07) is 0. The third-order valence-electron chi connectivity index (χ3n) is 2.80. The molecule has 4 nitrogen and oxygen atoms in total. The lowest BCUT2D eigenvalue weighted by atomic mass is 10.2. The van der Waals surface area contributed by atoms with Crippen molar-refractivity contribution < 1.29 is 4.74 Å². The monoisotopic (exact) mass is 193 g/mol. The number of rotatable bonds is 4. The third kappa shape index (κ3) is 1.75. The maximum atomic E-state index is 5.69. The van der Waals surface area contributed by atoms with Crippen molar-refractivity contribution in [1.82, 2.24) is 15.1 Å². The summed E-state index contributed by atoms with van der Waals surface area (Å²) in [4.78, 5) is 0. The van der Waals surface area contributed by atoms with Crippen molar-refractivity contribution >= 4 is 0 Å². The van der Waals surface area contributed by atoms with Gasteiger partial charge in [-0.1, -0.05) is 0 Å². The summed E-state index contributed by atoms with van der Waals surface area (Å²) < 4.78 is 7.69. The summed E-state index contributed by atoms with van der Waals surface area (Å²) in [5, 5.41) is 7.46. The fraction of sp³-hybridized carbons (Fsp3) is 0.700. The van der Waals surface area contributed by atoms with Gasteiger partial charge in [0, 0.05) is 19.6 Å². The highest BCUT2D eigenvalue weighted by molar-refractivity contribution is 5.13. The molecule has 1 aliphatic heterocycles. The highest BCUT2D eigenvalue weighted by Gasteiger charge is 2.23. The van der Waals surface area contributed by atoms with E-state index in [1.165, 1.54) is 12.8 Å². The lowest BCUT2D eigenvalue weighted by molar-refractivity contribution is 0.142. The molecule has 2 aliphatic rings. The van der Waals surface area contributed by atoms with E-state index in [0.717, 1.165) is 31.3 Å². The summed E-state index contributed by atoms with van der Waals surface area (Å²) >= 11 is 0. The largest absolute Gasteiger partial charge is 0.484 e. The Bertz CT molecular complexity index is 315. The van der Waals surface area contributed by atoms with Gasteiger partial charge in [-0.15, -0.1) is 0 Å². The molecule has 0 radical (unpaired) electrons. The van der Waals surface area contributed by atoms with Gasteiger partial charge in [-0.2, -0.15) is 5.10 Å². The summed E-state index contributed by atoms with van der Waals surface area (Å²) in [7, 11) is 0. The zero-order valence-corrected chi connectivity index (χ0v) is 8.15. The molecule has 3 rings (SSSR count). The van der Waals surface area contributed by atoms with Crippen LogP contribution in [-0.4, -0.2) is 29.0 Å². The normalized spacial score (nSPS) is 22.0. The van der Waals surface area contributed by atoms with Crippen LogP contribution >= 0.6 is 0 Å². The number of nitrogens with one attached hydrogen (secondary N) is 1. The Morgan fingerprint density at radius 3 is 3.00 bits per heavy atom. The van der Waals surface area contributed by atoms with Crippen LogP contribution in [0.5, 0.6) is 5.75 Å². The van der Waals surface area contributed by atoms with Crippen molar-refractivity contribution in [3.63, 3.8) is 0 Å². The molecular formula is C10H15N3O. The molecule has 4 heteroatoms. The SMILES string of the molecule is c1nn(CC2CC2)cc1OC1CNC1. The van der Waals surface area contributed by atoms with Gasteiger partial charge < -0.3 is 10.1 Å². The zero-order chi connectivity index (χ0) is 9.38. The van der Waals surface area contributed by atoms with Gasteiger partial charge in [0.05, 0.1) is 12.4 Å². The Morgan fingerprint density at radius 2 is 2.36 bits per heavy atom. The lowest BCUT2D eigenvalue weighted by Crippen LogP contribution is -2.50. The molecule has 0 spiro atoms. The van der Waals surface area contributed by atoms with Gasteiger partial charge in [0.25, 0.3) is 0 Å². The first-order chi connectivity index (χ1) is 6.90. The van der Waals surface area contributed by atoms with Crippen LogP contribution in [0, 0.1) is 5.92 Å². The summed E-state index contributed by atoms with van der Waals surface area (Å²) in [5.74, 6) is 1.78. The van der Waals surface area contributed by atoms with Crippen molar-refractivity contribution in [2.24, 2.45) is 5.92 Å². The van der Waals surface area contributed by atoms with E-state index >= 15 is 0 Å². The Hall–Kier alpha value is -1.03.